The third kappa shape index (κ3) is 3.01. The maximum Gasteiger partial charge on any atom is 0.250 e. The molecule has 0 radical (unpaired) electrons. The molecule has 1 heterocycles. The topological polar surface area (TPSA) is 127 Å². The van der Waals surface area contributed by atoms with E-state index >= 15 is 0 Å². The highest BCUT2D eigenvalue weighted by Crippen LogP contribution is 2.28. The van der Waals surface area contributed by atoms with Crippen LogP contribution in [0.1, 0.15) is 15.9 Å². The Morgan fingerprint density at radius 1 is 1.43 bits per heavy atom. The molecule has 2 aromatic rings. The Morgan fingerprint density at radius 2 is 2.19 bits per heavy atom. The predicted molar refractivity (Wildman–Crippen MR) is 78.2 cm³/mol. The summed E-state index contributed by atoms with van der Waals surface area (Å²) in [5.41, 5.74) is 12.3. The molecule has 0 fully saturated rings. The lowest BCUT2D eigenvalue weighted by Crippen LogP contribution is -2.14. The molecule has 7 nitrogen and oxygen atoms in total. The van der Waals surface area contributed by atoms with E-state index in [1.807, 2.05) is 6.07 Å². The summed E-state index contributed by atoms with van der Waals surface area (Å²) in [6.45, 7) is 0. The Kier molecular flexibility index (Phi) is 3.90. The highest BCUT2D eigenvalue weighted by molar-refractivity contribution is 5.98. The summed E-state index contributed by atoms with van der Waals surface area (Å²) < 4.78 is 5.20. The van der Waals surface area contributed by atoms with E-state index in [4.69, 9.17) is 21.5 Å². The molecule has 1 aromatic heterocycles. The third-order valence-electron chi connectivity index (χ3n) is 2.79. The number of nitrogen functional groups attached to an aromatic ring is 1. The summed E-state index contributed by atoms with van der Waals surface area (Å²) in [4.78, 5) is 15.3. The van der Waals surface area contributed by atoms with Crippen LogP contribution in [0.25, 0.3) is 0 Å². The largest absolute Gasteiger partial charge is 0.495 e. The SMILES string of the molecule is COc1cc(C#N)ccc1Nc1cc(C(N)=O)c(N)cn1. The maximum atomic E-state index is 11.3. The van der Waals surface area contributed by atoms with Gasteiger partial charge in [0.1, 0.15) is 11.6 Å². The lowest BCUT2D eigenvalue weighted by molar-refractivity contribution is 0.100. The molecule has 106 valence electrons. The Balaban J connectivity index is 2.37. The zero-order valence-electron chi connectivity index (χ0n) is 11.3. The van der Waals surface area contributed by atoms with Gasteiger partial charge in [0.15, 0.2) is 0 Å². The number of hydrogen-bond acceptors (Lipinski definition) is 6. The second-order valence-corrected chi connectivity index (χ2v) is 4.17. The first-order valence-corrected chi connectivity index (χ1v) is 5.95. The van der Waals surface area contributed by atoms with Gasteiger partial charge in [0.25, 0.3) is 5.91 Å². The number of hydrogen-bond donors (Lipinski definition) is 3. The zero-order chi connectivity index (χ0) is 15.4. The number of rotatable bonds is 4. The molecule has 0 atom stereocenters. The molecule has 2 rings (SSSR count). The number of benzene rings is 1. The van der Waals surface area contributed by atoms with E-state index in [0.29, 0.717) is 22.8 Å². The smallest absolute Gasteiger partial charge is 0.250 e. The van der Waals surface area contributed by atoms with Crippen LogP contribution in [-0.2, 0) is 0 Å². The molecule has 0 aliphatic carbocycles. The minimum absolute atomic E-state index is 0.181. The molecule has 0 unspecified atom stereocenters. The van der Waals surface area contributed by atoms with Crippen molar-refractivity contribution in [3.63, 3.8) is 0 Å². The number of pyridine rings is 1. The van der Waals surface area contributed by atoms with Crippen molar-refractivity contribution in [2.75, 3.05) is 18.2 Å². The number of nitriles is 1. The van der Waals surface area contributed by atoms with E-state index < -0.39 is 5.91 Å². The van der Waals surface area contributed by atoms with Crippen LogP contribution in [0.2, 0.25) is 0 Å². The summed E-state index contributed by atoms with van der Waals surface area (Å²) in [5, 5.41) is 11.9. The molecule has 5 N–H and O–H groups in total. The first-order chi connectivity index (χ1) is 10.0. The number of nitrogens with one attached hydrogen (secondary N) is 1. The number of anilines is 3. The van der Waals surface area contributed by atoms with Crippen LogP contribution in [-0.4, -0.2) is 18.0 Å². The molecule has 0 spiro atoms. The van der Waals surface area contributed by atoms with Gasteiger partial charge >= 0.3 is 0 Å². The summed E-state index contributed by atoms with van der Waals surface area (Å²) in [6, 6.07) is 8.38. The van der Waals surface area contributed by atoms with Crippen molar-refractivity contribution < 1.29 is 9.53 Å². The number of nitrogens with zero attached hydrogens (tertiary/aromatic N) is 2. The molecular weight excluding hydrogens is 270 g/mol. The Morgan fingerprint density at radius 3 is 2.81 bits per heavy atom. The minimum atomic E-state index is -0.634. The molecule has 0 aliphatic rings. The van der Waals surface area contributed by atoms with Crippen molar-refractivity contribution >= 4 is 23.1 Å². The molecule has 0 saturated carbocycles. The fraction of sp³-hybridized carbons (Fsp3) is 0.0714. The van der Waals surface area contributed by atoms with Gasteiger partial charge in [-0.25, -0.2) is 4.98 Å². The van der Waals surface area contributed by atoms with Crippen LogP contribution in [0.3, 0.4) is 0 Å². The summed E-state index contributed by atoms with van der Waals surface area (Å²) >= 11 is 0. The average molecular weight is 283 g/mol. The quantitative estimate of drug-likeness (QED) is 0.778. The molecule has 0 saturated heterocycles. The molecule has 1 aromatic carbocycles. The van der Waals surface area contributed by atoms with E-state index in [0.717, 1.165) is 0 Å². The zero-order valence-corrected chi connectivity index (χ0v) is 11.3. The fourth-order valence-corrected chi connectivity index (χ4v) is 1.75. The average Bonchev–Trinajstić information content (AvgIpc) is 2.49. The van der Waals surface area contributed by atoms with Crippen LogP contribution in [0.5, 0.6) is 5.75 Å². The Labute approximate surface area is 121 Å². The third-order valence-corrected chi connectivity index (χ3v) is 2.79. The summed E-state index contributed by atoms with van der Waals surface area (Å²) in [6.07, 6.45) is 1.35. The normalized spacial score (nSPS) is 9.71. The number of amides is 1. The molecule has 0 bridgehead atoms. The van der Waals surface area contributed by atoms with Gasteiger partial charge < -0.3 is 21.5 Å². The van der Waals surface area contributed by atoms with E-state index in [1.165, 1.54) is 19.4 Å². The fourth-order valence-electron chi connectivity index (χ4n) is 1.75. The Hall–Kier alpha value is -3.27. The lowest BCUT2D eigenvalue weighted by Gasteiger charge is -2.12. The second kappa shape index (κ2) is 5.79. The second-order valence-electron chi connectivity index (χ2n) is 4.17. The number of methoxy groups -OCH3 is 1. The van der Waals surface area contributed by atoms with Gasteiger partial charge in [-0.05, 0) is 18.2 Å². The van der Waals surface area contributed by atoms with Crippen LogP contribution in [0, 0.1) is 11.3 Å². The van der Waals surface area contributed by atoms with Gasteiger partial charge in [0, 0.05) is 6.07 Å². The number of ether oxygens (including phenoxy) is 1. The molecule has 0 aliphatic heterocycles. The van der Waals surface area contributed by atoms with Gasteiger partial charge in [-0.2, -0.15) is 5.26 Å². The standard InChI is InChI=1S/C14H13N5O2/c1-21-12-4-8(6-15)2-3-11(12)19-13-5-9(14(17)20)10(16)7-18-13/h2-5,7H,16H2,1H3,(H2,17,20)(H,18,19). The monoisotopic (exact) mass is 283 g/mol. The van der Waals surface area contributed by atoms with Crippen LogP contribution < -0.4 is 21.5 Å². The highest BCUT2D eigenvalue weighted by atomic mass is 16.5. The first kappa shape index (κ1) is 14.1. The van der Waals surface area contributed by atoms with E-state index in [2.05, 4.69) is 10.3 Å². The maximum absolute atomic E-state index is 11.3. The van der Waals surface area contributed by atoms with Crippen molar-refractivity contribution in [2.24, 2.45) is 5.73 Å². The first-order valence-electron chi connectivity index (χ1n) is 5.95. The van der Waals surface area contributed by atoms with Gasteiger partial charge in [-0.3, -0.25) is 4.79 Å². The number of nitrogens with two attached hydrogens (primary N) is 2. The number of carbonyl (C=O) groups excluding carboxylic acids is 1. The number of aromatic nitrogens is 1. The van der Waals surface area contributed by atoms with Gasteiger partial charge in [-0.15, -0.1) is 0 Å². The van der Waals surface area contributed by atoms with E-state index in [9.17, 15) is 4.79 Å². The van der Waals surface area contributed by atoms with E-state index in [1.54, 1.807) is 18.2 Å². The van der Waals surface area contributed by atoms with Gasteiger partial charge in [0.2, 0.25) is 0 Å². The van der Waals surface area contributed by atoms with Crippen molar-refractivity contribution in [1.29, 1.82) is 5.26 Å². The summed E-state index contributed by atoms with van der Waals surface area (Å²) in [5.74, 6) is 0.235. The minimum Gasteiger partial charge on any atom is -0.495 e. The summed E-state index contributed by atoms with van der Waals surface area (Å²) in [7, 11) is 1.49. The van der Waals surface area contributed by atoms with Crippen molar-refractivity contribution in [2.45, 2.75) is 0 Å². The van der Waals surface area contributed by atoms with Gasteiger partial charge in [-0.1, -0.05) is 0 Å². The van der Waals surface area contributed by atoms with Crippen LogP contribution in [0.4, 0.5) is 17.2 Å². The van der Waals surface area contributed by atoms with Crippen molar-refractivity contribution in [3.05, 3.63) is 41.6 Å². The molecule has 1 amide bonds. The highest BCUT2D eigenvalue weighted by Gasteiger charge is 2.10. The van der Waals surface area contributed by atoms with Crippen LogP contribution >= 0.6 is 0 Å². The van der Waals surface area contributed by atoms with Crippen molar-refractivity contribution in [3.8, 4) is 11.8 Å². The lowest BCUT2D eigenvalue weighted by atomic mass is 10.2. The number of primary amides is 1. The van der Waals surface area contributed by atoms with Crippen molar-refractivity contribution in [1.82, 2.24) is 4.98 Å². The van der Waals surface area contributed by atoms with Gasteiger partial charge in [0.05, 0.1) is 41.9 Å². The molecular formula is C14H13N5O2. The molecule has 21 heavy (non-hydrogen) atoms. The van der Waals surface area contributed by atoms with E-state index in [-0.39, 0.29) is 11.3 Å². The molecule has 7 heteroatoms. The predicted octanol–water partition coefficient (Wildman–Crippen LogP) is 1.39. The Bertz CT molecular complexity index is 737. The number of carbonyl (C=O) groups is 1. The van der Waals surface area contributed by atoms with Crippen LogP contribution in [0.15, 0.2) is 30.5 Å².